The summed E-state index contributed by atoms with van der Waals surface area (Å²) in [5, 5.41) is 22.2. The third-order valence-electron chi connectivity index (χ3n) is 2.93. The van der Waals surface area contributed by atoms with Gasteiger partial charge >= 0.3 is 0 Å². The molecule has 0 bridgehead atoms. The molecule has 0 saturated carbocycles. The second-order valence-corrected chi connectivity index (χ2v) is 6.08. The van der Waals surface area contributed by atoms with E-state index in [0.717, 1.165) is 21.4 Å². The molecular weight excluding hydrogens is 306 g/mol. The average Bonchev–Trinajstić information content (AvgIpc) is 2.52. The number of thioether (sulfide) groups is 1. The average molecular weight is 324 g/mol. The molecule has 0 aliphatic heterocycles. The van der Waals surface area contributed by atoms with E-state index in [1.54, 1.807) is 11.8 Å². The van der Waals surface area contributed by atoms with Crippen molar-refractivity contribution in [3.8, 4) is 0 Å². The predicted molar refractivity (Wildman–Crippen MR) is 89.0 cm³/mol. The lowest BCUT2D eigenvalue weighted by molar-refractivity contribution is 0.105. The molecule has 0 spiro atoms. The third kappa shape index (κ3) is 5.25. The maximum absolute atomic E-state index is 9.41. The fourth-order valence-electron chi connectivity index (χ4n) is 1.77. The van der Waals surface area contributed by atoms with Crippen LogP contribution in [0.1, 0.15) is 5.56 Å². The highest BCUT2D eigenvalue weighted by atomic mass is 35.5. The molecule has 21 heavy (non-hydrogen) atoms. The van der Waals surface area contributed by atoms with Gasteiger partial charge in [-0.25, -0.2) is 0 Å². The second-order valence-electron chi connectivity index (χ2n) is 4.63. The zero-order chi connectivity index (χ0) is 15.1. The summed E-state index contributed by atoms with van der Waals surface area (Å²) in [6, 6.07) is 15.7. The molecule has 2 aromatic carbocycles. The molecule has 0 fully saturated rings. The molecule has 112 valence electrons. The van der Waals surface area contributed by atoms with Crippen LogP contribution in [-0.2, 0) is 5.75 Å². The predicted octanol–water partition coefficient (Wildman–Crippen LogP) is 3.40. The molecule has 2 rings (SSSR count). The number of aliphatic hydroxyl groups excluding tert-OH is 2. The van der Waals surface area contributed by atoms with Gasteiger partial charge in [-0.15, -0.1) is 11.8 Å². The lowest BCUT2D eigenvalue weighted by Gasteiger charge is -2.14. The molecule has 0 aliphatic carbocycles. The number of hydrogen-bond donors (Lipinski definition) is 3. The molecular formula is C16H18ClNO2S. The van der Waals surface area contributed by atoms with Gasteiger partial charge in [0.15, 0.2) is 0 Å². The summed E-state index contributed by atoms with van der Waals surface area (Å²) in [7, 11) is 0. The van der Waals surface area contributed by atoms with Gasteiger partial charge in [-0.1, -0.05) is 35.9 Å². The van der Waals surface area contributed by atoms with Crippen LogP contribution in [-0.4, -0.2) is 29.5 Å². The highest BCUT2D eigenvalue weighted by Gasteiger charge is 2.06. The molecule has 5 heteroatoms. The zero-order valence-electron chi connectivity index (χ0n) is 11.5. The molecule has 3 nitrogen and oxygen atoms in total. The van der Waals surface area contributed by atoms with E-state index in [1.165, 1.54) is 5.56 Å². The molecule has 0 aliphatic rings. The van der Waals surface area contributed by atoms with Crippen LogP contribution in [0, 0.1) is 0 Å². The van der Waals surface area contributed by atoms with Gasteiger partial charge < -0.3 is 15.5 Å². The van der Waals surface area contributed by atoms with Crippen molar-refractivity contribution < 1.29 is 10.2 Å². The van der Waals surface area contributed by atoms with Gasteiger partial charge in [0, 0.05) is 27.9 Å². The van der Waals surface area contributed by atoms with Crippen LogP contribution in [0.3, 0.4) is 0 Å². The van der Waals surface area contributed by atoms with Gasteiger partial charge in [0.2, 0.25) is 0 Å². The van der Waals surface area contributed by atoms with Crippen molar-refractivity contribution in [2.45, 2.75) is 16.8 Å². The minimum absolute atomic E-state index is 0.243. The standard InChI is InChI=1S/C16H18ClNO2S/c17-13-7-5-12(6-8-13)11-21-16-4-2-1-3-15(16)18-9-14(20)10-19/h1-8,14,18-20H,9-11H2. The van der Waals surface area contributed by atoms with Crippen molar-refractivity contribution in [1.82, 2.24) is 0 Å². The number of para-hydroxylation sites is 1. The largest absolute Gasteiger partial charge is 0.394 e. The lowest BCUT2D eigenvalue weighted by atomic mass is 10.2. The highest BCUT2D eigenvalue weighted by Crippen LogP contribution is 2.30. The smallest absolute Gasteiger partial charge is 0.0942 e. The molecule has 0 saturated heterocycles. The molecule has 0 heterocycles. The quantitative estimate of drug-likeness (QED) is 0.684. The highest BCUT2D eigenvalue weighted by molar-refractivity contribution is 7.98. The third-order valence-corrected chi connectivity index (χ3v) is 4.33. The lowest BCUT2D eigenvalue weighted by Crippen LogP contribution is -2.23. The van der Waals surface area contributed by atoms with Crippen LogP contribution in [0.2, 0.25) is 5.02 Å². The fraction of sp³-hybridized carbons (Fsp3) is 0.250. The van der Waals surface area contributed by atoms with Crippen LogP contribution in [0.15, 0.2) is 53.4 Å². The normalized spacial score (nSPS) is 12.1. The summed E-state index contributed by atoms with van der Waals surface area (Å²) in [6.07, 6.45) is -0.751. The summed E-state index contributed by atoms with van der Waals surface area (Å²) in [5.74, 6) is 0.846. The Morgan fingerprint density at radius 3 is 2.52 bits per heavy atom. The van der Waals surface area contributed by atoms with E-state index >= 15 is 0 Å². The maximum Gasteiger partial charge on any atom is 0.0942 e. The van der Waals surface area contributed by atoms with Crippen molar-refractivity contribution >= 4 is 29.1 Å². The topological polar surface area (TPSA) is 52.5 Å². The summed E-state index contributed by atoms with van der Waals surface area (Å²) in [5.41, 5.74) is 2.17. The first kappa shape index (κ1) is 16.2. The Balaban J connectivity index is 1.97. The molecule has 0 amide bonds. The van der Waals surface area contributed by atoms with Crippen LogP contribution in [0.25, 0.3) is 0 Å². The number of nitrogens with one attached hydrogen (secondary N) is 1. The Morgan fingerprint density at radius 1 is 1.10 bits per heavy atom. The van der Waals surface area contributed by atoms with Crippen LogP contribution < -0.4 is 5.32 Å². The fourth-order valence-corrected chi connectivity index (χ4v) is 2.88. The Bertz CT molecular complexity index is 562. The van der Waals surface area contributed by atoms with Crippen molar-refractivity contribution in [3.05, 3.63) is 59.1 Å². The number of rotatable bonds is 7. The Hall–Kier alpha value is -1.20. The van der Waals surface area contributed by atoms with E-state index in [0.29, 0.717) is 6.54 Å². The van der Waals surface area contributed by atoms with E-state index in [1.807, 2.05) is 48.5 Å². The van der Waals surface area contributed by atoms with E-state index in [-0.39, 0.29) is 6.61 Å². The minimum atomic E-state index is -0.751. The second kappa shape index (κ2) is 8.29. The summed E-state index contributed by atoms with van der Waals surface area (Å²) in [6.45, 7) is 0.0854. The van der Waals surface area contributed by atoms with Gasteiger partial charge in [-0.2, -0.15) is 0 Å². The first-order valence-electron chi connectivity index (χ1n) is 6.68. The monoisotopic (exact) mass is 323 g/mol. The number of hydrogen-bond acceptors (Lipinski definition) is 4. The van der Waals surface area contributed by atoms with Crippen molar-refractivity contribution in [2.75, 3.05) is 18.5 Å². The number of aliphatic hydroxyl groups is 2. The minimum Gasteiger partial charge on any atom is -0.394 e. The Kier molecular flexibility index (Phi) is 6.39. The van der Waals surface area contributed by atoms with Crippen molar-refractivity contribution in [1.29, 1.82) is 0 Å². The number of benzene rings is 2. The molecule has 1 unspecified atom stereocenters. The van der Waals surface area contributed by atoms with Crippen molar-refractivity contribution in [3.63, 3.8) is 0 Å². The van der Waals surface area contributed by atoms with Crippen LogP contribution >= 0.6 is 23.4 Å². The van der Waals surface area contributed by atoms with Crippen LogP contribution in [0.5, 0.6) is 0 Å². The van der Waals surface area contributed by atoms with E-state index in [4.69, 9.17) is 16.7 Å². The van der Waals surface area contributed by atoms with Crippen molar-refractivity contribution in [2.24, 2.45) is 0 Å². The van der Waals surface area contributed by atoms with E-state index < -0.39 is 6.10 Å². The Labute approximate surface area is 134 Å². The van der Waals surface area contributed by atoms with Gasteiger partial charge in [0.1, 0.15) is 0 Å². The molecule has 0 radical (unpaired) electrons. The van der Waals surface area contributed by atoms with E-state index in [9.17, 15) is 5.11 Å². The first-order chi connectivity index (χ1) is 10.2. The zero-order valence-corrected chi connectivity index (χ0v) is 13.1. The number of halogens is 1. The van der Waals surface area contributed by atoms with Gasteiger partial charge in [0.25, 0.3) is 0 Å². The van der Waals surface area contributed by atoms with Gasteiger partial charge in [-0.3, -0.25) is 0 Å². The molecule has 1 atom stereocenters. The van der Waals surface area contributed by atoms with Gasteiger partial charge in [-0.05, 0) is 29.8 Å². The molecule has 0 aromatic heterocycles. The van der Waals surface area contributed by atoms with Crippen LogP contribution in [0.4, 0.5) is 5.69 Å². The first-order valence-corrected chi connectivity index (χ1v) is 8.04. The molecule has 2 aromatic rings. The summed E-state index contributed by atoms with van der Waals surface area (Å²) >= 11 is 7.59. The summed E-state index contributed by atoms with van der Waals surface area (Å²) in [4.78, 5) is 1.11. The summed E-state index contributed by atoms with van der Waals surface area (Å²) < 4.78 is 0. The maximum atomic E-state index is 9.41. The van der Waals surface area contributed by atoms with E-state index in [2.05, 4.69) is 5.32 Å². The van der Waals surface area contributed by atoms with Gasteiger partial charge in [0.05, 0.1) is 12.7 Å². The Morgan fingerprint density at radius 2 is 1.81 bits per heavy atom. The SMILES string of the molecule is OCC(O)CNc1ccccc1SCc1ccc(Cl)cc1. The molecule has 3 N–H and O–H groups in total. The number of anilines is 1.